The van der Waals surface area contributed by atoms with Gasteiger partial charge in [-0.05, 0) is 55.3 Å². The highest BCUT2D eigenvalue weighted by Gasteiger charge is 2.13. The van der Waals surface area contributed by atoms with Crippen molar-refractivity contribution in [1.82, 2.24) is 10.2 Å². The molecule has 0 saturated heterocycles. The van der Waals surface area contributed by atoms with Crippen LogP contribution in [0.3, 0.4) is 0 Å². The highest BCUT2D eigenvalue weighted by atomic mass is 32.1. The van der Waals surface area contributed by atoms with Gasteiger partial charge in [0.25, 0.3) is 0 Å². The Morgan fingerprint density at radius 2 is 0.833 bits per heavy atom. The monoisotopic (exact) mass is 677 g/mol. The van der Waals surface area contributed by atoms with Crippen LogP contribution in [0.1, 0.15) is 168 Å². The Balaban J connectivity index is 1.41. The van der Waals surface area contributed by atoms with E-state index in [2.05, 4.69) is 42.2 Å². The molecule has 48 heavy (non-hydrogen) atoms. The predicted octanol–water partition coefficient (Wildman–Crippen LogP) is 13.6. The van der Waals surface area contributed by atoms with Gasteiger partial charge in [0.2, 0.25) is 0 Å². The standard InChI is InChI=1S/C42H67N3O2S/c1-3-5-7-9-11-13-15-17-19-21-23-25-33-46-39-32-29-37(42-45-44-41(48-42)36-27-30-38(43)31-28-36)35-40(39)47-34-26-24-22-20-18-16-14-12-10-8-6-4-2/h27-32,35H,3-26,33-34,43H2,1-2H3. The summed E-state index contributed by atoms with van der Waals surface area (Å²) in [4.78, 5) is 0. The van der Waals surface area contributed by atoms with Crippen LogP contribution >= 0.6 is 11.3 Å². The highest BCUT2D eigenvalue weighted by Crippen LogP contribution is 2.36. The zero-order valence-corrected chi connectivity index (χ0v) is 31.4. The van der Waals surface area contributed by atoms with E-state index >= 15 is 0 Å². The summed E-state index contributed by atoms with van der Waals surface area (Å²) < 4.78 is 12.7. The van der Waals surface area contributed by atoms with Crippen LogP contribution in [0.5, 0.6) is 11.5 Å². The Hall–Kier alpha value is -2.60. The fourth-order valence-corrected chi connectivity index (χ4v) is 7.05. The second-order valence-corrected chi connectivity index (χ2v) is 14.6. The van der Waals surface area contributed by atoms with Crippen LogP contribution in [0, 0.1) is 0 Å². The molecular formula is C42H67N3O2S. The lowest BCUT2D eigenvalue weighted by Gasteiger charge is -2.14. The lowest BCUT2D eigenvalue weighted by atomic mass is 10.1. The lowest BCUT2D eigenvalue weighted by Crippen LogP contribution is -2.03. The third-order valence-corrected chi connectivity index (χ3v) is 10.3. The van der Waals surface area contributed by atoms with E-state index in [4.69, 9.17) is 15.2 Å². The van der Waals surface area contributed by atoms with Gasteiger partial charge in [-0.15, -0.1) is 10.2 Å². The second-order valence-electron chi connectivity index (χ2n) is 13.7. The third kappa shape index (κ3) is 17.2. The largest absolute Gasteiger partial charge is 0.490 e. The number of nitrogens with zero attached hydrogens (tertiary/aromatic N) is 2. The average molecular weight is 678 g/mol. The molecule has 1 aromatic heterocycles. The molecule has 268 valence electrons. The van der Waals surface area contributed by atoms with Crippen LogP contribution in [-0.4, -0.2) is 23.4 Å². The second kappa shape index (κ2) is 26.3. The summed E-state index contributed by atoms with van der Waals surface area (Å²) in [6.07, 6.45) is 32.2. The molecule has 0 unspecified atom stereocenters. The fraction of sp³-hybridized carbons (Fsp3) is 0.667. The van der Waals surface area contributed by atoms with E-state index in [-0.39, 0.29) is 0 Å². The first-order valence-electron chi connectivity index (χ1n) is 19.8. The maximum atomic E-state index is 6.38. The van der Waals surface area contributed by atoms with Gasteiger partial charge >= 0.3 is 0 Å². The summed E-state index contributed by atoms with van der Waals surface area (Å²) in [5.41, 5.74) is 8.66. The Labute approximate surface area is 297 Å². The third-order valence-electron chi connectivity index (χ3n) is 9.28. The fourth-order valence-electron chi connectivity index (χ4n) is 6.21. The van der Waals surface area contributed by atoms with Gasteiger partial charge in [-0.25, -0.2) is 0 Å². The van der Waals surface area contributed by atoms with Crippen molar-refractivity contribution >= 4 is 17.0 Å². The molecule has 2 aromatic carbocycles. The van der Waals surface area contributed by atoms with E-state index in [9.17, 15) is 0 Å². The summed E-state index contributed by atoms with van der Waals surface area (Å²) >= 11 is 1.59. The van der Waals surface area contributed by atoms with E-state index in [0.29, 0.717) is 6.61 Å². The minimum absolute atomic E-state index is 0.711. The molecule has 3 aromatic rings. The number of hydrogen-bond donors (Lipinski definition) is 1. The topological polar surface area (TPSA) is 70.3 Å². The van der Waals surface area contributed by atoms with Crippen molar-refractivity contribution in [2.24, 2.45) is 0 Å². The number of unbranched alkanes of at least 4 members (excludes halogenated alkanes) is 22. The first kappa shape index (κ1) is 39.8. The molecule has 0 fully saturated rings. The van der Waals surface area contributed by atoms with E-state index in [1.807, 2.05) is 24.3 Å². The van der Waals surface area contributed by atoms with Crippen LogP contribution in [0.4, 0.5) is 5.69 Å². The van der Waals surface area contributed by atoms with E-state index < -0.39 is 0 Å². The summed E-state index contributed by atoms with van der Waals surface area (Å²) in [6.45, 7) is 6.01. The molecule has 0 aliphatic rings. The van der Waals surface area contributed by atoms with Gasteiger partial charge in [-0.1, -0.05) is 166 Å². The average Bonchev–Trinajstić information content (AvgIpc) is 3.60. The molecular weight excluding hydrogens is 611 g/mol. The van der Waals surface area contributed by atoms with Crippen molar-refractivity contribution in [2.45, 2.75) is 168 Å². The number of ether oxygens (including phenoxy) is 2. The molecule has 0 aliphatic carbocycles. The lowest BCUT2D eigenvalue weighted by molar-refractivity contribution is 0.258. The minimum atomic E-state index is 0.711. The van der Waals surface area contributed by atoms with E-state index in [0.717, 1.165) is 57.8 Å². The summed E-state index contributed by atoms with van der Waals surface area (Å²) in [7, 11) is 0. The molecule has 0 saturated carbocycles. The molecule has 0 bridgehead atoms. The number of nitrogen functional groups attached to an aromatic ring is 1. The van der Waals surface area contributed by atoms with Crippen LogP contribution in [0.15, 0.2) is 42.5 Å². The highest BCUT2D eigenvalue weighted by molar-refractivity contribution is 7.17. The van der Waals surface area contributed by atoms with Crippen LogP contribution < -0.4 is 15.2 Å². The molecule has 5 nitrogen and oxygen atoms in total. The van der Waals surface area contributed by atoms with Gasteiger partial charge in [0.1, 0.15) is 10.0 Å². The summed E-state index contributed by atoms with van der Waals surface area (Å²) in [5.74, 6) is 1.66. The molecule has 0 spiro atoms. The maximum absolute atomic E-state index is 6.38. The Bertz CT molecular complexity index is 1200. The molecule has 0 radical (unpaired) electrons. The minimum Gasteiger partial charge on any atom is -0.490 e. The van der Waals surface area contributed by atoms with Crippen molar-refractivity contribution < 1.29 is 9.47 Å². The molecule has 6 heteroatoms. The zero-order valence-electron chi connectivity index (χ0n) is 30.6. The molecule has 3 rings (SSSR count). The number of benzene rings is 2. The number of aromatic nitrogens is 2. The van der Waals surface area contributed by atoms with E-state index in [1.165, 1.54) is 141 Å². The van der Waals surface area contributed by atoms with Gasteiger partial charge in [0.15, 0.2) is 11.5 Å². The maximum Gasteiger partial charge on any atom is 0.161 e. The molecule has 2 N–H and O–H groups in total. The molecule has 0 atom stereocenters. The molecule has 0 aliphatic heterocycles. The Kier molecular flexibility index (Phi) is 21.8. The van der Waals surface area contributed by atoms with E-state index in [1.54, 1.807) is 11.3 Å². The first-order valence-corrected chi connectivity index (χ1v) is 20.6. The van der Waals surface area contributed by atoms with Gasteiger partial charge in [-0.2, -0.15) is 0 Å². The Morgan fingerprint density at radius 3 is 1.29 bits per heavy atom. The van der Waals surface area contributed by atoms with Crippen LogP contribution in [-0.2, 0) is 0 Å². The van der Waals surface area contributed by atoms with Crippen LogP contribution in [0.25, 0.3) is 21.1 Å². The predicted molar refractivity (Wildman–Crippen MR) is 208 cm³/mol. The number of nitrogens with two attached hydrogens (primary N) is 1. The SMILES string of the molecule is CCCCCCCCCCCCCCOc1ccc(-c2nnc(-c3ccc(N)cc3)s2)cc1OCCCCCCCCCCCCCC. The van der Waals surface area contributed by atoms with Crippen molar-refractivity contribution in [1.29, 1.82) is 0 Å². The molecule has 0 amide bonds. The van der Waals surface area contributed by atoms with Crippen molar-refractivity contribution in [2.75, 3.05) is 18.9 Å². The van der Waals surface area contributed by atoms with Crippen molar-refractivity contribution in [3.8, 4) is 32.6 Å². The molecule has 1 heterocycles. The van der Waals surface area contributed by atoms with Gasteiger partial charge in [0.05, 0.1) is 13.2 Å². The summed E-state index contributed by atoms with van der Waals surface area (Å²) in [6, 6.07) is 14.0. The number of anilines is 1. The van der Waals surface area contributed by atoms with Crippen molar-refractivity contribution in [3.05, 3.63) is 42.5 Å². The van der Waals surface area contributed by atoms with Gasteiger partial charge in [-0.3, -0.25) is 0 Å². The summed E-state index contributed by atoms with van der Waals surface area (Å²) in [5, 5.41) is 10.7. The van der Waals surface area contributed by atoms with Gasteiger partial charge in [0, 0.05) is 16.8 Å². The van der Waals surface area contributed by atoms with Crippen molar-refractivity contribution in [3.63, 3.8) is 0 Å². The quantitative estimate of drug-likeness (QED) is 0.0561. The Morgan fingerprint density at radius 1 is 0.458 bits per heavy atom. The smallest absolute Gasteiger partial charge is 0.161 e. The van der Waals surface area contributed by atoms with Gasteiger partial charge < -0.3 is 15.2 Å². The normalized spacial score (nSPS) is 11.3. The number of rotatable bonds is 30. The number of hydrogen-bond acceptors (Lipinski definition) is 6. The first-order chi connectivity index (χ1) is 23.7. The van der Waals surface area contributed by atoms with Crippen LogP contribution in [0.2, 0.25) is 0 Å². The zero-order chi connectivity index (χ0) is 33.9.